The Kier molecular flexibility index (Phi) is 9.35. The molecule has 8 heteroatoms. The maximum atomic E-state index is 13.3. The van der Waals surface area contributed by atoms with Crippen LogP contribution < -0.4 is 5.32 Å². The largest absolute Gasteiger partial charge is 0.444 e. The number of benzene rings is 1. The van der Waals surface area contributed by atoms with E-state index in [0.717, 1.165) is 5.56 Å². The second kappa shape index (κ2) is 11.2. The average Bonchev–Trinajstić information content (AvgIpc) is 3.11. The van der Waals surface area contributed by atoms with E-state index in [1.807, 2.05) is 51.1 Å². The molecule has 1 fully saturated rings. The maximum Gasteiger partial charge on any atom is 0.410 e. The van der Waals surface area contributed by atoms with Crippen molar-refractivity contribution in [2.45, 2.75) is 96.8 Å². The highest BCUT2D eigenvalue weighted by molar-refractivity contribution is 6.74. The minimum Gasteiger partial charge on any atom is -0.444 e. The van der Waals surface area contributed by atoms with Gasteiger partial charge in [0, 0.05) is 25.7 Å². The summed E-state index contributed by atoms with van der Waals surface area (Å²) in [5.41, 5.74) is 0.343. The Morgan fingerprint density at radius 2 is 1.76 bits per heavy atom. The molecule has 2 N–H and O–H groups in total. The van der Waals surface area contributed by atoms with Gasteiger partial charge in [0.25, 0.3) is 0 Å². The van der Waals surface area contributed by atoms with Gasteiger partial charge >= 0.3 is 6.09 Å². The van der Waals surface area contributed by atoms with Gasteiger partial charge in [0.05, 0.1) is 12.0 Å². The first kappa shape index (κ1) is 28.3. The third-order valence-electron chi connectivity index (χ3n) is 6.75. The molecule has 1 aromatic rings. The van der Waals surface area contributed by atoms with Crippen molar-refractivity contribution in [2.75, 3.05) is 13.2 Å². The lowest BCUT2D eigenvalue weighted by atomic mass is 9.93. The minimum absolute atomic E-state index is 0.0272. The summed E-state index contributed by atoms with van der Waals surface area (Å²) < 4.78 is 12.3. The van der Waals surface area contributed by atoms with Crippen molar-refractivity contribution in [2.24, 2.45) is 5.92 Å². The second-order valence-electron chi connectivity index (χ2n) is 11.8. The maximum absolute atomic E-state index is 13.3. The summed E-state index contributed by atoms with van der Waals surface area (Å²) in [7, 11) is -2.08. The van der Waals surface area contributed by atoms with Gasteiger partial charge in [-0.1, -0.05) is 51.1 Å². The van der Waals surface area contributed by atoms with Crippen molar-refractivity contribution in [1.29, 1.82) is 0 Å². The standard InChI is InChI=1S/C26H44N2O5Si/c1-25(2,3)32-24(31)28-18-20(33-34(7,8)26(4,5)6)16-22(28)21(14-15-29)23(30)27-17-19-12-10-9-11-13-19/h9-13,20-22,29H,14-18H2,1-8H3,(H,27,30). The van der Waals surface area contributed by atoms with E-state index in [9.17, 15) is 14.7 Å². The Morgan fingerprint density at radius 3 is 2.29 bits per heavy atom. The quantitative estimate of drug-likeness (QED) is 0.514. The molecule has 3 atom stereocenters. The minimum atomic E-state index is -2.08. The number of hydrogen-bond donors (Lipinski definition) is 2. The fraction of sp³-hybridized carbons (Fsp3) is 0.692. The van der Waals surface area contributed by atoms with Crippen molar-refractivity contribution in [3.8, 4) is 0 Å². The second-order valence-corrected chi connectivity index (χ2v) is 16.5. The molecule has 1 aliphatic rings. The highest BCUT2D eigenvalue weighted by atomic mass is 28.4. The molecule has 192 valence electrons. The molecular weight excluding hydrogens is 448 g/mol. The molecule has 0 radical (unpaired) electrons. The van der Waals surface area contributed by atoms with E-state index in [0.29, 0.717) is 19.5 Å². The molecule has 34 heavy (non-hydrogen) atoms. The summed E-state index contributed by atoms with van der Waals surface area (Å²) >= 11 is 0. The number of rotatable bonds is 8. The van der Waals surface area contributed by atoms with Crippen LogP contribution in [0, 0.1) is 5.92 Å². The first-order valence-corrected chi connectivity index (χ1v) is 15.2. The fourth-order valence-electron chi connectivity index (χ4n) is 3.97. The molecule has 1 aromatic carbocycles. The van der Waals surface area contributed by atoms with Crippen LogP contribution in [0.2, 0.25) is 18.1 Å². The smallest absolute Gasteiger partial charge is 0.410 e. The number of nitrogens with one attached hydrogen (secondary N) is 1. The molecular formula is C26H44N2O5Si. The Morgan fingerprint density at radius 1 is 1.15 bits per heavy atom. The number of hydrogen-bond acceptors (Lipinski definition) is 5. The number of carbonyl (C=O) groups excluding carboxylic acids is 2. The zero-order chi connectivity index (χ0) is 25.7. The number of aliphatic hydroxyl groups is 1. The zero-order valence-electron chi connectivity index (χ0n) is 22.2. The van der Waals surface area contributed by atoms with Crippen molar-refractivity contribution in [3.05, 3.63) is 35.9 Å². The molecule has 0 aromatic heterocycles. The van der Waals surface area contributed by atoms with Crippen LogP contribution in [0.15, 0.2) is 30.3 Å². The normalized spacial score (nSPS) is 20.2. The van der Waals surface area contributed by atoms with Gasteiger partial charge in [0.2, 0.25) is 5.91 Å². The van der Waals surface area contributed by atoms with Crippen LogP contribution in [0.25, 0.3) is 0 Å². The van der Waals surface area contributed by atoms with Crippen LogP contribution in [0.1, 0.15) is 59.9 Å². The molecule has 2 amide bonds. The van der Waals surface area contributed by atoms with Gasteiger partial charge in [0.1, 0.15) is 5.60 Å². The number of carbonyl (C=O) groups is 2. The van der Waals surface area contributed by atoms with E-state index < -0.39 is 32.0 Å². The molecule has 0 bridgehead atoms. The molecule has 1 heterocycles. The Labute approximate surface area is 206 Å². The SMILES string of the molecule is CC(C)(C)OC(=O)N1CC(O[Si](C)(C)C(C)(C)C)CC1C(CCO)C(=O)NCc1ccccc1. The predicted octanol–water partition coefficient (Wildman–Crippen LogP) is 4.70. The lowest BCUT2D eigenvalue weighted by Crippen LogP contribution is -2.48. The van der Waals surface area contributed by atoms with Gasteiger partial charge in [-0.2, -0.15) is 0 Å². The number of aliphatic hydroxyl groups excluding tert-OH is 1. The lowest BCUT2D eigenvalue weighted by Gasteiger charge is -2.38. The average molecular weight is 493 g/mol. The van der Waals surface area contributed by atoms with E-state index in [4.69, 9.17) is 9.16 Å². The Hall–Kier alpha value is -1.90. The lowest BCUT2D eigenvalue weighted by molar-refractivity contribution is -0.127. The van der Waals surface area contributed by atoms with Gasteiger partial charge < -0.3 is 24.5 Å². The summed E-state index contributed by atoms with van der Waals surface area (Å²) in [4.78, 5) is 28.1. The van der Waals surface area contributed by atoms with Gasteiger partial charge in [-0.3, -0.25) is 4.79 Å². The van der Waals surface area contributed by atoms with E-state index in [1.54, 1.807) is 4.90 Å². The highest BCUT2D eigenvalue weighted by Gasteiger charge is 2.47. The third kappa shape index (κ3) is 7.82. The van der Waals surface area contributed by atoms with Crippen LogP contribution >= 0.6 is 0 Å². The predicted molar refractivity (Wildman–Crippen MR) is 137 cm³/mol. The summed E-state index contributed by atoms with van der Waals surface area (Å²) in [5, 5.41) is 12.8. The number of amides is 2. The summed E-state index contributed by atoms with van der Waals surface area (Å²) in [6.45, 7) is 17.0. The van der Waals surface area contributed by atoms with Crippen LogP contribution in [0.3, 0.4) is 0 Å². The van der Waals surface area contributed by atoms with Crippen LogP contribution in [0.4, 0.5) is 4.79 Å². The number of ether oxygens (including phenoxy) is 1. The van der Waals surface area contributed by atoms with Crippen molar-refractivity contribution < 1.29 is 23.9 Å². The third-order valence-corrected chi connectivity index (χ3v) is 11.3. The van der Waals surface area contributed by atoms with Crippen LogP contribution in [0.5, 0.6) is 0 Å². The topological polar surface area (TPSA) is 88.1 Å². The van der Waals surface area contributed by atoms with Crippen molar-refractivity contribution >= 4 is 20.3 Å². The Balaban J connectivity index is 2.25. The Bertz CT molecular complexity index is 817. The molecule has 7 nitrogen and oxygen atoms in total. The number of nitrogens with zero attached hydrogens (tertiary/aromatic N) is 1. The molecule has 1 aliphatic heterocycles. The molecule has 1 saturated heterocycles. The van der Waals surface area contributed by atoms with Gasteiger partial charge in [0.15, 0.2) is 8.32 Å². The summed E-state index contributed by atoms with van der Waals surface area (Å²) in [5.74, 6) is -0.737. The van der Waals surface area contributed by atoms with E-state index in [1.165, 1.54) is 0 Å². The van der Waals surface area contributed by atoms with E-state index >= 15 is 0 Å². The molecule has 3 unspecified atom stereocenters. The fourth-order valence-corrected chi connectivity index (χ4v) is 5.33. The van der Waals surface area contributed by atoms with Crippen molar-refractivity contribution in [3.63, 3.8) is 0 Å². The van der Waals surface area contributed by atoms with Crippen molar-refractivity contribution in [1.82, 2.24) is 10.2 Å². The molecule has 0 aliphatic carbocycles. The first-order chi connectivity index (χ1) is 15.6. The van der Waals surface area contributed by atoms with Crippen LogP contribution in [-0.2, 0) is 20.5 Å². The molecule has 2 rings (SSSR count). The van der Waals surface area contributed by atoms with Crippen LogP contribution in [-0.4, -0.2) is 61.2 Å². The van der Waals surface area contributed by atoms with Gasteiger partial charge in [-0.05, 0) is 57.3 Å². The zero-order valence-corrected chi connectivity index (χ0v) is 23.2. The van der Waals surface area contributed by atoms with E-state index in [2.05, 4.69) is 39.2 Å². The summed E-state index contributed by atoms with van der Waals surface area (Å²) in [6.07, 6.45) is 0.172. The van der Waals surface area contributed by atoms with E-state index in [-0.39, 0.29) is 30.1 Å². The highest BCUT2D eigenvalue weighted by Crippen LogP contribution is 2.40. The van der Waals surface area contributed by atoms with Gasteiger partial charge in [-0.15, -0.1) is 0 Å². The first-order valence-electron chi connectivity index (χ1n) is 12.2. The number of likely N-dealkylation sites (tertiary alicyclic amines) is 1. The molecule has 0 saturated carbocycles. The molecule has 0 spiro atoms. The monoisotopic (exact) mass is 492 g/mol. The van der Waals surface area contributed by atoms with Gasteiger partial charge in [-0.25, -0.2) is 4.79 Å². The summed E-state index contributed by atoms with van der Waals surface area (Å²) in [6, 6.07) is 9.28.